The van der Waals surface area contributed by atoms with Crippen molar-refractivity contribution < 1.29 is 18.0 Å². The normalized spacial score (nSPS) is 11.5. The molecule has 0 atom stereocenters. The lowest BCUT2D eigenvalue weighted by atomic mass is 10.2. The van der Waals surface area contributed by atoms with E-state index in [-0.39, 0.29) is 16.5 Å². The summed E-state index contributed by atoms with van der Waals surface area (Å²) in [6.07, 6.45) is -1.12. The van der Waals surface area contributed by atoms with Gasteiger partial charge in [0.15, 0.2) is 5.82 Å². The molecular weight excluding hydrogens is 415 g/mol. The van der Waals surface area contributed by atoms with Gasteiger partial charge in [0.25, 0.3) is 0 Å². The summed E-state index contributed by atoms with van der Waals surface area (Å²) < 4.78 is 40.1. The lowest BCUT2D eigenvalue weighted by molar-refractivity contribution is -0.137. The van der Waals surface area contributed by atoms with Gasteiger partial charge >= 0.3 is 6.18 Å². The van der Waals surface area contributed by atoms with E-state index in [9.17, 15) is 18.0 Å². The third kappa shape index (κ3) is 5.02. The molecule has 0 spiro atoms. The van der Waals surface area contributed by atoms with E-state index in [2.05, 4.69) is 20.5 Å². The number of hydrogen-bond acceptors (Lipinski definition) is 5. The van der Waals surface area contributed by atoms with Crippen LogP contribution in [0.25, 0.3) is 5.82 Å². The molecule has 3 rings (SSSR count). The van der Waals surface area contributed by atoms with Crippen molar-refractivity contribution in [2.24, 2.45) is 0 Å². The van der Waals surface area contributed by atoms with E-state index in [1.54, 1.807) is 29.2 Å². The first kappa shape index (κ1) is 20.2. The number of hydrogen-bond donors (Lipinski definition) is 1. The van der Waals surface area contributed by atoms with Gasteiger partial charge in [-0.2, -0.15) is 13.2 Å². The molecule has 0 saturated carbocycles. The Morgan fingerprint density at radius 1 is 1.25 bits per heavy atom. The molecule has 1 N–H and O–H groups in total. The van der Waals surface area contributed by atoms with Crippen LogP contribution >= 0.6 is 23.4 Å². The minimum absolute atomic E-state index is 0.0196. The topological polar surface area (TPSA) is 72.7 Å². The van der Waals surface area contributed by atoms with Gasteiger partial charge in [-0.1, -0.05) is 23.4 Å². The molecule has 146 valence electrons. The molecule has 0 aliphatic heterocycles. The Morgan fingerprint density at radius 3 is 2.64 bits per heavy atom. The van der Waals surface area contributed by atoms with Gasteiger partial charge in [-0.25, -0.2) is 4.98 Å². The van der Waals surface area contributed by atoms with Gasteiger partial charge < -0.3 is 5.32 Å². The van der Waals surface area contributed by atoms with E-state index in [4.69, 9.17) is 11.6 Å². The highest BCUT2D eigenvalue weighted by molar-refractivity contribution is 7.99. The van der Waals surface area contributed by atoms with Crippen LogP contribution in [0.1, 0.15) is 11.3 Å². The smallest absolute Gasteiger partial charge is 0.324 e. The number of halogens is 4. The minimum Gasteiger partial charge on any atom is -0.324 e. The van der Waals surface area contributed by atoms with Crippen LogP contribution in [0.4, 0.5) is 18.9 Å². The number of rotatable bonds is 5. The number of benzene rings is 1. The van der Waals surface area contributed by atoms with Gasteiger partial charge in [-0.05, 0) is 37.3 Å². The third-order valence-electron chi connectivity index (χ3n) is 3.52. The van der Waals surface area contributed by atoms with Crippen molar-refractivity contribution in [3.05, 3.63) is 59.1 Å². The Kier molecular flexibility index (Phi) is 5.90. The van der Waals surface area contributed by atoms with E-state index < -0.39 is 17.6 Å². The van der Waals surface area contributed by atoms with Crippen molar-refractivity contribution in [1.82, 2.24) is 19.7 Å². The Hall–Kier alpha value is -2.59. The van der Waals surface area contributed by atoms with Crippen molar-refractivity contribution in [3.63, 3.8) is 0 Å². The van der Waals surface area contributed by atoms with Gasteiger partial charge in [-0.3, -0.25) is 9.36 Å². The highest BCUT2D eigenvalue weighted by Gasteiger charge is 2.31. The van der Waals surface area contributed by atoms with Crippen LogP contribution in [0.2, 0.25) is 5.02 Å². The van der Waals surface area contributed by atoms with Crippen molar-refractivity contribution in [2.75, 3.05) is 11.1 Å². The SMILES string of the molecule is Cc1cn(-c2ccc(SCC(=O)Nc3cc(C(F)(F)F)ccc3Cl)nn2)cn1. The van der Waals surface area contributed by atoms with E-state index in [1.165, 1.54) is 0 Å². The van der Waals surface area contributed by atoms with Crippen LogP contribution in [0.3, 0.4) is 0 Å². The zero-order valence-electron chi connectivity index (χ0n) is 14.4. The second-order valence-electron chi connectivity index (χ2n) is 5.68. The fourth-order valence-corrected chi connectivity index (χ4v) is 2.98. The van der Waals surface area contributed by atoms with Gasteiger partial charge in [0.2, 0.25) is 5.91 Å². The second kappa shape index (κ2) is 8.19. The highest BCUT2D eigenvalue weighted by Crippen LogP contribution is 2.33. The Labute approximate surface area is 167 Å². The van der Waals surface area contributed by atoms with Crippen LogP contribution < -0.4 is 5.32 Å². The van der Waals surface area contributed by atoms with E-state index in [0.717, 1.165) is 35.7 Å². The standard InChI is InChI=1S/C17H13ClF3N5OS/c1-10-7-26(9-22-10)14-4-5-16(25-24-14)28-8-15(27)23-13-6-11(17(19,20)21)2-3-12(13)18/h2-7,9H,8H2,1H3,(H,23,27). The summed E-state index contributed by atoms with van der Waals surface area (Å²) in [5.74, 6) is -0.00221. The predicted molar refractivity (Wildman–Crippen MR) is 99.7 cm³/mol. The van der Waals surface area contributed by atoms with Crippen molar-refractivity contribution in [1.29, 1.82) is 0 Å². The molecule has 2 aromatic heterocycles. The molecule has 0 unspecified atom stereocenters. The molecule has 1 amide bonds. The van der Waals surface area contributed by atoms with Crippen LogP contribution in [0.15, 0.2) is 47.9 Å². The average Bonchev–Trinajstić information content (AvgIpc) is 3.08. The molecule has 0 aliphatic rings. The average molecular weight is 428 g/mol. The summed E-state index contributed by atoms with van der Waals surface area (Å²) in [6.45, 7) is 1.85. The van der Waals surface area contributed by atoms with Crippen molar-refractivity contribution in [3.8, 4) is 5.82 Å². The summed E-state index contributed by atoms with van der Waals surface area (Å²) >= 11 is 6.96. The fraction of sp³-hybridized carbons (Fsp3) is 0.176. The molecular formula is C17H13ClF3N5OS. The van der Waals surface area contributed by atoms with Crippen LogP contribution in [0, 0.1) is 6.92 Å². The summed E-state index contributed by atoms with van der Waals surface area (Å²) in [4.78, 5) is 16.2. The van der Waals surface area contributed by atoms with Gasteiger partial charge in [0.1, 0.15) is 11.4 Å². The Morgan fingerprint density at radius 2 is 2.04 bits per heavy atom. The maximum Gasteiger partial charge on any atom is 0.416 e. The van der Waals surface area contributed by atoms with Crippen LogP contribution in [-0.2, 0) is 11.0 Å². The summed E-state index contributed by atoms with van der Waals surface area (Å²) in [7, 11) is 0. The van der Waals surface area contributed by atoms with E-state index in [1.807, 2.05) is 6.92 Å². The number of aryl methyl sites for hydroxylation is 1. The van der Waals surface area contributed by atoms with Gasteiger partial charge in [0, 0.05) is 6.20 Å². The number of imidazole rings is 1. The number of aromatic nitrogens is 4. The number of carbonyl (C=O) groups excluding carboxylic acids is 1. The molecule has 28 heavy (non-hydrogen) atoms. The second-order valence-corrected chi connectivity index (χ2v) is 7.08. The zero-order chi connectivity index (χ0) is 20.3. The minimum atomic E-state index is -4.52. The number of anilines is 1. The molecule has 3 aromatic rings. The maximum absolute atomic E-state index is 12.8. The number of carbonyl (C=O) groups is 1. The largest absolute Gasteiger partial charge is 0.416 e. The molecule has 0 aliphatic carbocycles. The maximum atomic E-state index is 12.8. The monoisotopic (exact) mass is 427 g/mol. The Bertz CT molecular complexity index is 991. The molecule has 6 nitrogen and oxygen atoms in total. The number of amides is 1. The van der Waals surface area contributed by atoms with Crippen molar-refractivity contribution in [2.45, 2.75) is 18.1 Å². The number of alkyl halides is 3. The zero-order valence-corrected chi connectivity index (χ0v) is 15.9. The number of nitrogens with zero attached hydrogens (tertiary/aromatic N) is 4. The fourth-order valence-electron chi connectivity index (χ4n) is 2.20. The first-order chi connectivity index (χ1) is 13.2. The van der Waals surface area contributed by atoms with Gasteiger partial charge in [-0.15, -0.1) is 10.2 Å². The summed E-state index contributed by atoms with van der Waals surface area (Å²) in [5, 5.41) is 11.0. The molecule has 0 bridgehead atoms. The Balaban J connectivity index is 1.60. The van der Waals surface area contributed by atoms with Crippen LogP contribution in [0.5, 0.6) is 0 Å². The lowest BCUT2D eigenvalue weighted by Crippen LogP contribution is -2.15. The summed E-state index contributed by atoms with van der Waals surface area (Å²) in [5.41, 5.74) is -0.153. The van der Waals surface area contributed by atoms with Gasteiger partial charge in [0.05, 0.1) is 27.7 Å². The first-order valence-electron chi connectivity index (χ1n) is 7.86. The quantitative estimate of drug-likeness (QED) is 0.612. The molecule has 0 fully saturated rings. The molecule has 2 heterocycles. The predicted octanol–water partition coefficient (Wildman–Crippen LogP) is 4.37. The van der Waals surface area contributed by atoms with Crippen LogP contribution in [-0.4, -0.2) is 31.4 Å². The van der Waals surface area contributed by atoms with Crippen molar-refractivity contribution >= 4 is 35.0 Å². The lowest BCUT2D eigenvalue weighted by Gasteiger charge is -2.11. The van der Waals surface area contributed by atoms with E-state index >= 15 is 0 Å². The molecule has 0 radical (unpaired) electrons. The highest BCUT2D eigenvalue weighted by atomic mass is 35.5. The number of nitrogens with one attached hydrogen (secondary N) is 1. The summed E-state index contributed by atoms with van der Waals surface area (Å²) in [6, 6.07) is 6.15. The molecule has 11 heteroatoms. The molecule has 0 saturated heterocycles. The van der Waals surface area contributed by atoms with E-state index in [0.29, 0.717) is 10.8 Å². The first-order valence-corrected chi connectivity index (χ1v) is 9.23. The third-order valence-corrected chi connectivity index (χ3v) is 4.77. The molecule has 1 aromatic carbocycles. The number of thioether (sulfide) groups is 1.